The summed E-state index contributed by atoms with van der Waals surface area (Å²) in [5.41, 5.74) is 0. The molecule has 5 heteroatoms. The quantitative estimate of drug-likeness (QED) is 0.557. The first-order valence-electron chi connectivity index (χ1n) is 4.02. The van der Waals surface area contributed by atoms with E-state index in [1.54, 1.807) is 6.92 Å². The van der Waals surface area contributed by atoms with Crippen LogP contribution >= 0.6 is 0 Å². The van der Waals surface area contributed by atoms with E-state index < -0.39 is 10.0 Å². The summed E-state index contributed by atoms with van der Waals surface area (Å²) in [4.78, 5) is 1.87. The Hall–Kier alpha value is -0.580. The Morgan fingerprint density at radius 1 is 1.42 bits per heavy atom. The summed E-state index contributed by atoms with van der Waals surface area (Å²) in [6.07, 6.45) is 1.63. The Bertz CT molecular complexity index is 282. The molecule has 0 bridgehead atoms. The highest BCUT2D eigenvalue weighted by atomic mass is 32.2. The molecule has 0 unspecified atom stereocenters. The second kappa shape index (κ2) is 3.43. The second-order valence-corrected chi connectivity index (χ2v) is 4.81. The number of rotatable bonds is 0. The molecule has 0 saturated heterocycles. The summed E-state index contributed by atoms with van der Waals surface area (Å²) in [5, 5.41) is 0. The number of nitrogens with zero attached hydrogens (tertiary/aromatic N) is 2. The first-order valence-corrected chi connectivity index (χ1v) is 5.62. The van der Waals surface area contributed by atoms with E-state index in [1.807, 2.05) is 11.9 Å². The third-order valence-corrected chi connectivity index (χ3v) is 3.32. The van der Waals surface area contributed by atoms with Crippen molar-refractivity contribution in [3.8, 4) is 0 Å². The summed E-state index contributed by atoms with van der Waals surface area (Å²) < 4.78 is 26.0. The zero-order valence-electron chi connectivity index (χ0n) is 7.45. The smallest absolute Gasteiger partial charge is 0.254 e. The van der Waals surface area contributed by atoms with E-state index in [9.17, 15) is 8.42 Å². The number of sulfonamides is 1. The Balaban J connectivity index is 2.91. The lowest BCUT2D eigenvalue weighted by molar-refractivity contribution is 0.476. The number of amidine groups is 1. The topological polar surface area (TPSA) is 49.7 Å². The van der Waals surface area contributed by atoms with Gasteiger partial charge in [0.15, 0.2) is 0 Å². The van der Waals surface area contributed by atoms with Crippen molar-refractivity contribution in [1.82, 2.24) is 4.90 Å². The van der Waals surface area contributed by atoms with Crippen LogP contribution in [0.5, 0.6) is 0 Å². The summed E-state index contributed by atoms with van der Waals surface area (Å²) >= 11 is 0. The molecular weight excluding hydrogens is 176 g/mol. The summed E-state index contributed by atoms with van der Waals surface area (Å²) in [5.74, 6) is 0.785. The van der Waals surface area contributed by atoms with E-state index in [4.69, 9.17) is 0 Å². The molecule has 0 aromatic heterocycles. The van der Waals surface area contributed by atoms with Gasteiger partial charge in [0, 0.05) is 13.6 Å². The molecule has 1 aliphatic rings. The highest BCUT2D eigenvalue weighted by Gasteiger charge is 2.13. The summed E-state index contributed by atoms with van der Waals surface area (Å²) in [6.45, 7) is 2.62. The van der Waals surface area contributed by atoms with Gasteiger partial charge in [0.2, 0.25) is 0 Å². The van der Waals surface area contributed by atoms with Crippen LogP contribution < -0.4 is 0 Å². The molecule has 12 heavy (non-hydrogen) atoms. The van der Waals surface area contributed by atoms with E-state index in [0.717, 1.165) is 13.0 Å². The van der Waals surface area contributed by atoms with Gasteiger partial charge in [0.05, 0.1) is 5.75 Å². The van der Waals surface area contributed by atoms with Gasteiger partial charge in [-0.2, -0.15) is 4.40 Å². The van der Waals surface area contributed by atoms with Crippen LogP contribution in [0, 0.1) is 0 Å². The van der Waals surface area contributed by atoms with Crippen LogP contribution in [0.1, 0.15) is 19.8 Å². The fraction of sp³-hybridized carbons (Fsp3) is 0.857. The Labute approximate surface area is 73.3 Å². The van der Waals surface area contributed by atoms with Crippen LogP contribution in [0.3, 0.4) is 0 Å². The molecule has 0 aromatic carbocycles. The van der Waals surface area contributed by atoms with Gasteiger partial charge in [-0.15, -0.1) is 0 Å². The van der Waals surface area contributed by atoms with Crippen LogP contribution in [0.15, 0.2) is 4.40 Å². The average molecular weight is 190 g/mol. The Kier molecular flexibility index (Phi) is 2.72. The third-order valence-electron chi connectivity index (χ3n) is 1.97. The molecule has 1 rings (SSSR count). The molecule has 1 aliphatic heterocycles. The number of hydrogen-bond donors (Lipinski definition) is 0. The standard InChI is InChI=1S/C7H14N2O2S/c1-7-8-12(10,11)6-4-3-5-9(7)2/h3-6H2,1-2H3/b8-7-. The van der Waals surface area contributed by atoms with E-state index in [-0.39, 0.29) is 5.75 Å². The maximum absolute atomic E-state index is 11.2. The van der Waals surface area contributed by atoms with Crippen LogP contribution in [-0.2, 0) is 10.0 Å². The first-order chi connectivity index (χ1) is 5.51. The van der Waals surface area contributed by atoms with Crippen LogP contribution in [0.4, 0.5) is 0 Å². The lowest BCUT2D eigenvalue weighted by Gasteiger charge is -2.20. The highest BCUT2D eigenvalue weighted by molar-refractivity contribution is 7.90. The molecule has 0 fully saturated rings. The predicted octanol–water partition coefficient (Wildman–Crippen LogP) is 0.460. The fourth-order valence-electron chi connectivity index (χ4n) is 1.11. The monoisotopic (exact) mass is 190 g/mol. The number of hydrogen-bond acceptors (Lipinski definition) is 3. The van der Waals surface area contributed by atoms with Gasteiger partial charge in [-0.1, -0.05) is 0 Å². The van der Waals surface area contributed by atoms with Crippen molar-refractivity contribution in [3.05, 3.63) is 0 Å². The van der Waals surface area contributed by atoms with Crippen molar-refractivity contribution in [3.63, 3.8) is 0 Å². The van der Waals surface area contributed by atoms with Gasteiger partial charge in [-0.25, -0.2) is 8.42 Å². The van der Waals surface area contributed by atoms with Crippen LogP contribution in [0.25, 0.3) is 0 Å². The van der Waals surface area contributed by atoms with Crippen molar-refractivity contribution in [2.45, 2.75) is 19.8 Å². The molecule has 70 valence electrons. The van der Waals surface area contributed by atoms with Crippen LogP contribution in [-0.4, -0.2) is 38.5 Å². The lowest BCUT2D eigenvalue weighted by atomic mass is 10.3. The molecule has 0 amide bonds. The SMILES string of the molecule is C/C1=N/S(=O)(=O)CCCCN1C. The Morgan fingerprint density at radius 2 is 2.08 bits per heavy atom. The lowest BCUT2D eigenvalue weighted by Crippen LogP contribution is -2.28. The molecule has 0 atom stereocenters. The molecule has 0 spiro atoms. The van der Waals surface area contributed by atoms with Gasteiger partial charge in [-0.05, 0) is 19.8 Å². The predicted molar refractivity (Wildman–Crippen MR) is 48.8 cm³/mol. The fourth-order valence-corrected chi connectivity index (χ4v) is 2.31. The van der Waals surface area contributed by atoms with Crippen LogP contribution in [0.2, 0.25) is 0 Å². The zero-order valence-corrected chi connectivity index (χ0v) is 8.26. The van der Waals surface area contributed by atoms with E-state index in [1.165, 1.54) is 0 Å². The van der Waals surface area contributed by atoms with Gasteiger partial charge >= 0.3 is 0 Å². The molecule has 0 radical (unpaired) electrons. The largest absolute Gasteiger partial charge is 0.363 e. The normalized spacial score (nSPS) is 28.5. The minimum absolute atomic E-state index is 0.193. The molecule has 4 nitrogen and oxygen atoms in total. The highest BCUT2D eigenvalue weighted by Crippen LogP contribution is 2.06. The molecule has 0 N–H and O–H groups in total. The minimum atomic E-state index is -3.18. The van der Waals surface area contributed by atoms with Gasteiger partial charge in [-0.3, -0.25) is 0 Å². The maximum Gasteiger partial charge on any atom is 0.254 e. The van der Waals surface area contributed by atoms with Gasteiger partial charge < -0.3 is 4.90 Å². The average Bonchev–Trinajstić information content (AvgIpc) is 1.95. The minimum Gasteiger partial charge on any atom is -0.363 e. The van der Waals surface area contributed by atoms with E-state index >= 15 is 0 Å². The molecular formula is C7H14N2O2S. The second-order valence-electron chi connectivity index (χ2n) is 3.05. The zero-order chi connectivity index (χ0) is 9.19. The van der Waals surface area contributed by atoms with E-state index in [2.05, 4.69) is 4.40 Å². The third kappa shape index (κ3) is 2.48. The van der Waals surface area contributed by atoms with Crippen molar-refractivity contribution in [2.24, 2.45) is 4.40 Å². The van der Waals surface area contributed by atoms with Crippen molar-refractivity contribution in [2.75, 3.05) is 19.3 Å². The summed E-state index contributed by atoms with van der Waals surface area (Å²) in [6, 6.07) is 0. The Morgan fingerprint density at radius 3 is 2.75 bits per heavy atom. The van der Waals surface area contributed by atoms with Gasteiger partial charge in [0.25, 0.3) is 10.0 Å². The molecule has 0 aromatic rings. The maximum atomic E-state index is 11.2. The molecule has 1 heterocycles. The molecule has 0 aliphatic carbocycles. The van der Waals surface area contributed by atoms with Crippen molar-refractivity contribution >= 4 is 15.9 Å². The van der Waals surface area contributed by atoms with E-state index in [0.29, 0.717) is 12.3 Å². The van der Waals surface area contributed by atoms with Crippen molar-refractivity contribution in [1.29, 1.82) is 0 Å². The van der Waals surface area contributed by atoms with Gasteiger partial charge in [0.1, 0.15) is 5.84 Å². The first kappa shape index (κ1) is 9.51. The molecule has 0 saturated carbocycles. The summed E-state index contributed by atoms with van der Waals surface area (Å²) in [7, 11) is -1.32. The van der Waals surface area contributed by atoms with Crippen molar-refractivity contribution < 1.29 is 8.42 Å².